The number of aliphatic hydroxyl groups is 1. The summed E-state index contributed by atoms with van der Waals surface area (Å²) >= 11 is 0. The van der Waals surface area contributed by atoms with Crippen LogP contribution in [0.2, 0.25) is 0 Å². The van der Waals surface area contributed by atoms with Crippen LogP contribution < -0.4 is 16.1 Å². The molecule has 0 aliphatic carbocycles. The topological polar surface area (TPSA) is 156 Å². The predicted octanol–water partition coefficient (Wildman–Crippen LogP) is 5.28. The van der Waals surface area contributed by atoms with E-state index in [9.17, 15) is 24.3 Å². The lowest BCUT2D eigenvalue weighted by Gasteiger charge is -2.35. The first-order valence-corrected chi connectivity index (χ1v) is 19.9. The third kappa shape index (κ3) is 12.2. The lowest BCUT2D eigenvalue weighted by molar-refractivity contribution is -0.130. The number of nitrogens with zero attached hydrogens (tertiary/aromatic N) is 4. The lowest BCUT2D eigenvalue weighted by atomic mass is 9.95. The van der Waals surface area contributed by atoms with Gasteiger partial charge < -0.3 is 30.3 Å². The molecule has 5 rings (SSSR count). The van der Waals surface area contributed by atoms with E-state index < -0.39 is 24.3 Å². The molecule has 5 amide bonds. The summed E-state index contributed by atoms with van der Waals surface area (Å²) < 4.78 is 4.64. The number of carbonyl (C=O) groups excluding carboxylic acids is 4. The van der Waals surface area contributed by atoms with Gasteiger partial charge in [-0.25, -0.2) is 14.6 Å². The summed E-state index contributed by atoms with van der Waals surface area (Å²) in [7, 11) is 1.30. The molecule has 1 aliphatic rings. The molecule has 0 saturated carbocycles. The van der Waals surface area contributed by atoms with Crippen LogP contribution in [0.15, 0.2) is 97.2 Å². The maximum Gasteiger partial charge on any atom is 0.406 e. The van der Waals surface area contributed by atoms with Gasteiger partial charge in [0.25, 0.3) is 0 Å². The molecular weight excluding hydrogens is 723 g/mol. The molecule has 1 aromatic heterocycles. The summed E-state index contributed by atoms with van der Waals surface area (Å²) in [6.07, 6.45) is 1.84. The Morgan fingerprint density at radius 2 is 1.61 bits per heavy atom. The normalized spacial score (nSPS) is 15.5. The summed E-state index contributed by atoms with van der Waals surface area (Å²) in [5, 5.41) is 20.5. The molecule has 13 heteroatoms. The number of urea groups is 1. The number of alkyl carbamates (subject to hydrolysis) is 1. The van der Waals surface area contributed by atoms with E-state index >= 15 is 0 Å². The Bertz CT molecular complexity index is 1910. The summed E-state index contributed by atoms with van der Waals surface area (Å²) in [6, 6.07) is 27.3. The van der Waals surface area contributed by atoms with Gasteiger partial charge in [-0.1, -0.05) is 106 Å². The van der Waals surface area contributed by atoms with Crippen molar-refractivity contribution in [2.24, 2.45) is 11.8 Å². The highest BCUT2D eigenvalue weighted by molar-refractivity contribution is 5.89. The van der Waals surface area contributed by atoms with Gasteiger partial charge in [0.15, 0.2) is 0 Å². The van der Waals surface area contributed by atoms with Crippen molar-refractivity contribution in [2.75, 3.05) is 33.3 Å². The number of amides is 5. The number of nitrogens with one attached hydrogen (secondary N) is 3. The summed E-state index contributed by atoms with van der Waals surface area (Å²) in [6.45, 7) is 7.88. The highest BCUT2D eigenvalue weighted by Gasteiger charge is 2.41. The maximum atomic E-state index is 14.5. The van der Waals surface area contributed by atoms with E-state index in [2.05, 4.69) is 25.8 Å². The van der Waals surface area contributed by atoms with Gasteiger partial charge in [-0.05, 0) is 53.5 Å². The van der Waals surface area contributed by atoms with Gasteiger partial charge in [0.05, 0.1) is 24.8 Å². The average Bonchev–Trinajstić information content (AvgIpc) is 3.57. The van der Waals surface area contributed by atoms with Crippen molar-refractivity contribution in [3.63, 3.8) is 0 Å². The first kappa shape index (κ1) is 42.6. The zero-order valence-corrected chi connectivity index (χ0v) is 33.5. The number of para-hydroxylation sites is 1. The number of hydrogen-bond donors (Lipinski definition) is 4. The minimum absolute atomic E-state index is 0.0160. The molecule has 1 fully saturated rings. The molecule has 3 aromatic carbocycles. The number of fused-ring (bicyclic) bond motifs is 1. The Labute approximate surface area is 335 Å². The Morgan fingerprint density at radius 1 is 0.930 bits per heavy atom. The minimum atomic E-state index is -1.11. The molecule has 5 unspecified atom stereocenters. The Hall–Kier alpha value is -5.53. The van der Waals surface area contributed by atoms with E-state index in [1.807, 2.05) is 112 Å². The van der Waals surface area contributed by atoms with Crippen LogP contribution in [0.4, 0.5) is 9.59 Å². The SMILES string of the molecule is CCC(C)C(C(=O)NC(Cc1ccccc1)C(O)CN(Cc1ccccc1)NC(=O)CCC(C)CNC(=O)OC)N1CCN(Cc2ccnc3ccccc23)C1=O. The summed E-state index contributed by atoms with van der Waals surface area (Å²) in [4.78, 5) is 61.2. The second kappa shape index (κ2) is 21.1. The smallest absolute Gasteiger partial charge is 0.406 e. The van der Waals surface area contributed by atoms with E-state index in [1.54, 1.807) is 21.0 Å². The number of carbonyl (C=O) groups is 4. The van der Waals surface area contributed by atoms with Gasteiger partial charge in [-0.3, -0.25) is 20.0 Å². The molecule has 5 atom stereocenters. The van der Waals surface area contributed by atoms with Crippen molar-refractivity contribution < 1.29 is 29.0 Å². The summed E-state index contributed by atoms with van der Waals surface area (Å²) in [5.41, 5.74) is 6.68. The lowest BCUT2D eigenvalue weighted by Crippen LogP contribution is -2.58. The number of methoxy groups -OCH3 is 1. The third-order valence-corrected chi connectivity index (χ3v) is 10.7. The van der Waals surface area contributed by atoms with Gasteiger partial charge >= 0.3 is 12.1 Å². The fourth-order valence-corrected chi connectivity index (χ4v) is 7.20. The van der Waals surface area contributed by atoms with Gasteiger partial charge in [0.2, 0.25) is 11.8 Å². The molecule has 2 heterocycles. The Kier molecular flexibility index (Phi) is 15.8. The van der Waals surface area contributed by atoms with Crippen molar-refractivity contribution >= 4 is 34.8 Å². The van der Waals surface area contributed by atoms with E-state index in [-0.39, 0.29) is 42.6 Å². The minimum Gasteiger partial charge on any atom is -0.453 e. The number of ether oxygens (including phenoxy) is 1. The second-order valence-electron chi connectivity index (χ2n) is 15.0. The molecule has 0 spiro atoms. The van der Waals surface area contributed by atoms with Crippen LogP contribution in [0.25, 0.3) is 10.9 Å². The molecule has 0 bridgehead atoms. The fraction of sp³-hybridized carbons (Fsp3) is 0.432. The second-order valence-corrected chi connectivity index (χ2v) is 15.0. The van der Waals surface area contributed by atoms with Gasteiger partial charge in [0.1, 0.15) is 6.04 Å². The first-order valence-electron chi connectivity index (χ1n) is 19.9. The van der Waals surface area contributed by atoms with Crippen LogP contribution in [-0.4, -0.2) is 100 Å². The monoisotopic (exact) mass is 779 g/mol. The van der Waals surface area contributed by atoms with Crippen molar-refractivity contribution in [1.29, 1.82) is 0 Å². The van der Waals surface area contributed by atoms with Crippen molar-refractivity contribution in [3.8, 4) is 0 Å². The third-order valence-electron chi connectivity index (χ3n) is 10.7. The van der Waals surface area contributed by atoms with E-state index in [0.717, 1.165) is 27.6 Å². The Morgan fingerprint density at radius 3 is 2.32 bits per heavy atom. The zero-order valence-electron chi connectivity index (χ0n) is 33.5. The number of pyridine rings is 1. The van der Waals surface area contributed by atoms with Crippen LogP contribution in [0, 0.1) is 11.8 Å². The van der Waals surface area contributed by atoms with Crippen LogP contribution in [0.5, 0.6) is 0 Å². The van der Waals surface area contributed by atoms with E-state index in [1.165, 1.54) is 7.11 Å². The van der Waals surface area contributed by atoms with Crippen LogP contribution in [0.1, 0.15) is 56.7 Å². The highest BCUT2D eigenvalue weighted by atomic mass is 16.5. The molecule has 57 heavy (non-hydrogen) atoms. The van der Waals surface area contributed by atoms with Crippen LogP contribution >= 0.6 is 0 Å². The molecule has 0 radical (unpaired) electrons. The number of hydrogen-bond acceptors (Lipinski definition) is 8. The number of benzene rings is 3. The van der Waals surface area contributed by atoms with E-state index in [4.69, 9.17) is 0 Å². The van der Waals surface area contributed by atoms with Crippen molar-refractivity contribution in [2.45, 2.75) is 77.7 Å². The van der Waals surface area contributed by atoms with Gasteiger partial charge in [-0.2, -0.15) is 0 Å². The molecule has 1 saturated heterocycles. The van der Waals surface area contributed by atoms with Crippen LogP contribution in [-0.2, 0) is 33.8 Å². The van der Waals surface area contributed by atoms with E-state index in [0.29, 0.717) is 52.0 Å². The molecule has 304 valence electrons. The standard InChI is InChI=1S/C44H57N7O6/c1-5-32(3)41(51-25-24-49(44(51)56)29-35-22-23-45-37-19-13-12-18-36(35)37)42(54)47-38(26-33-14-8-6-9-15-33)39(52)30-50(28-34-16-10-7-11-17-34)48-40(53)21-20-31(2)27-46-43(55)57-4/h6-19,22-23,31-32,38-39,41,52H,5,20-21,24-30H2,1-4H3,(H,46,55)(H,47,54)(H,48,53). The summed E-state index contributed by atoms with van der Waals surface area (Å²) in [5.74, 6) is -0.705. The molecular formula is C44H57N7O6. The quantitative estimate of drug-likeness (QED) is 0.0884. The number of aromatic nitrogens is 1. The largest absolute Gasteiger partial charge is 0.453 e. The number of hydrazine groups is 1. The molecule has 4 aromatic rings. The Balaban J connectivity index is 1.31. The average molecular weight is 780 g/mol. The molecule has 1 aliphatic heterocycles. The number of rotatable bonds is 20. The maximum absolute atomic E-state index is 14.5. The van der Waals surface area contributed by atoms with Gasteiger partial charge in [-0.15, -0.1) is 0 Å². The zero-order chi connectivity index (χ0) is 40.7. The first-order chi connectivity index (χ1) is 27.6. The highest BCUT2D eigenvalue weighted by Crippen LogP contribution is 2.25. The number of aliphatic hydroxyl groups excluding tert-OH is 1. The van der Waals surface area contributed by atoms with Crippen LogP contribution in [0.3, 0.4) is 0 Å². The van der Waals surface area contributed by atoms with Crippen molar-refractivity contribution in [3.05, 3.63) is 114 Å². The van der Waals surface area contributed by atoms with Gasteiger partial charge in [0, 0.05) is 57.3 Å². The predicted molar refractivity (Wildman–Crippen MR) is 219 cm³/mol. The molecule has 13 nitrogen and oxygen atoms in total. The van der Waals surface area contributed by atoms with Crippen molar-refractivity contribution in [1.82, 2.24) is 35.9 Å². The molecule has 4 N–H and O–H groups in total. The fourth-order valence-electron chi connectivity index (χ4n) is 7.20.